The van der Waals surface area contributed by atoms with Crippen molar-refractivity contribution < 1.29 is 9.21 Å². The molecule has 0 fully saturated rings. The summed E-state index contributed by atoms with van der Waals surface area (Å²) in [7, 11) is 0. The second-order valence-electron chi connectivity index (χ2n) is 6.99. The molecule has 7 heteroatoms. The smallest absolute Gasteiger partial charge is 0.287 e. The van der Waals surface area contributed by atoms with Crippen molar-refractivity contribution in [2.45, 2.75) is 13.1 Å². The van der Waals surface area contributed by atoms with Gasteiger partial charge in [-0.3, -0.25) is 9.48 Å². The van der Waals surface area contributed by atoms with E-state index in [1.807, 2.05) is 58.0 Å². The number of hydrogen-bond donors (Lipinski definition) is 1. The number of nitrogens with one attached hydrogen (secondary N) is 1. The molecular formula is C23H19N5O2. The van der Waals surface area contributed by atoms with Crippen molar-refractivity contribution in [3.63, 3.8) is 0 Å². The fraction of sp³-hybridized carbons (Fsp3) is 0.0870. The lowest BCUT2D eigenvalue weighted by molar-refractivity contribution is 0.0924. The molecule has 0 spiro atoms. The Balaban J connectivity index is 1.24. The van der Waals surface area contributed by atoms with Crippen LogP contribution < -0.4 is 5.32 Å². The Morgan fingerprint density at radius 3 is 2.83 bits per heavy atom. The number of imidazole rings is 1. The molecule has 4 heterocycles. The Kier molecular flexibility index (Phi) is 4.61. The second-order valence-corrected chi connectivity index (χ2v) is 6.99. The largest absolute Gasteiger partial charge is 0.451 e. The first kappa shape index (κ1) is 17.9. The highest BCUT2D eigenvalue weighted by Gasteiger charge is 2.13. The number of pyridine rings is 1. The van der Waals surface area contributed by atoms with Gasteiger partial charge < -0.3 is 14.1 Å². The molecule has 30 heavy (non-hydrogen) atoms. The van der Waals surface area contributed by atoms with Crippen LogP contribution in [0.25, 0.3) is 17.0 Å². The molecule has 5 aromatic rings. The lowest BCUT2D eigenvalue weighted by Crippen LogP contribution is -2.22. The zero-order chi connectivity index (χ0) is 20.3. The van der Waals surface area contributed by atoms with E-state index >= 15 is 0 Å². The number of fused-ring (bicyclic) bond motifs is 1. The van der Waals surface area contributed by atoms with Crippen LogP contribution in [0.15, 0.2) is 90.0 Å². The molecule has 1 aromatic carbocycles. The van der Waals surface area contributed by atoms with Gasteiger partial charge in [0.1, 0.15) is 11.4 Å². The van der Waals surface area contributed by atoms with Gasteiger partial charge in [0.2, 0.25) is 0 Å². The van der Waals surface area contributed by atoms with Crippen LogP contribution in [0.1, 0.15) is 21.7 Å². The van der Waals surface area contributed by atoms with Crippen LogP contribution in [0.3, 0.4) is 0 Å². The normalized spacial score (nSPS) is 11.1. The van der Waals surface area contributed by atoms with Gasteiger partial charge in [-0.15, -0.1) is 0 Å². The highest BCUT2D eigenvalue weighted by molar-refractivity contribution is 5.92. The van der Waals surface area contributed by atoms with E-state index in [4.69, 9.17) is 4.42 Å². The number of carbonyl (C=O) groups excluding carboxylic acids is 1. The molecule has 0 aliphatic heterocycles. The van der Waals surface area contributed by atoms with Crippen LogP contribution in [0.5, 0.6) is 0 Å². The van der Waals surface area contributed by atoms with Gasteiger partial charge in [0.25, 0.3) is 5.91 Å². The van der Waals surface area contributed by atoms with Crippen LogP contribution in [-0.4, -0.2) is 25.1 Å². The zero-order valence-corrected chi connectivity index (χ0v) is 16.1. The third-order valence-electron chi connectivity index (χ3n) is 4.85. The molecule has 1 N–H and O–H groups in total. The fourth-order valence-electron chi connectivity index (χ4n) is 3.29. The molecular weight excluding hydrogens is 378 g/mol. The van der Waals surface area contributed by atoms with Gasteiger partial charge in [-0.1, -0.05) is 30.3 Å². The molecule has 148 valence electrons. The molecule has 5 rings (SSSR count). The third kappa shape index (κ3) is 3.73. The highest BCUT2D eigenvalue weighted by Crippen LogP contribution is 2.22. The molecule has 7 nitrogen and oxygen atoms in total. The summed E-state index contributed by atoms with van der Waals surface area (Å²) >= 11 is 0. The first-order valence-electron chi connectivity index (χ1n) is 9.61. The Morgan fingerprint density at radius 2 is 1.93 bits per heavy atom. The number of furan rings is 1. The summed E-state index contributed by atoms with van der Waals surface area (Å²) in [6.45, 7) is 1.07. The minimum atomic E-state index is -0.263. The van der Waals surface area contributed by atoms with Gasteiger partial charge in [-0.05, 0) is 35.4 Å². The Bertz CT molecular complexity index is 1300. The maximum Gasteiger partial charge on any atom is 0.287 e. The molecule has 0 unspecified atom stereocenters. The van der Waals surface area contributed by atoms with E-state index in [2.05, 4.69) is 27.5 Å². The number of aromatic nitrogens is 4. The van der Waals surface area contributed by atoms with Crippen molar-refractivity contribution >= 4 is 11.6 Å². The molecule has 0 aliphatic rings. The summed E-state index contributed by atoms with van der Waals surface area (Å²) in [6.07, 6.45) is 9.19. The van der Waals surface area contributed by atoms with Crippen LogP contribution in [0.4, 0.5) is 0 Å². The number of carbonyl (C=O) groups is 1. The molecule has 0 saturated heterocycles. The fourth-order valence-corrected chi connectivity index (χ4v) is 3.29. The SMILES string of the molecule is O=C(NCc1ccn2ccnc2c1)c1ccc(-c2cnn(Cc3ccccc3)c2)o1. The van der Waals surface area contributed by atoms with E-state index in [9.17, 15) is 4.79 Å². The lowest BCUT2D eigenvalue weighted by atomic mass is 10.2. The van der Waals surface area contributed by atoms with Crippen molar-refractivity contribution in [1.82, 2.24) is 24.5 Å². The van der Waals surface area contributed by atoms with Crippen LogP contribution >= 0.6 is 0 Å². The predicted octanol–water partition coefficient (Wildman–Crippen LogP) is 3.77. The summed E-state index contributed by atoms with van der Waals surface area (Å²) in [4.78, 5) is 16.7. The Labute approximate surface area is 172 Å². The number of rotatable bonds is 6. The van der Waals surface area contributed by atoms with Crippen molar-refractivity contribution in [3.05, 3.63) is 102 Å². The van der Waals surface area contributed by atoms with Crippen molar-refractivity contribution in [1.29, 1.82) is 0 Å². The van der Waals surface area contributed by atoms with E-state index in [-0.39, 0.29) is 11.7 Å². The number of hydrogen-bond acceptors (Lipinski definition) is 4. The standard InChI is InChI=1S/C23H19N5O2/c29-23(25-13-18-8-10-27-11-9-24-22(27)12-18)21-7-6-20(30-21)19-14-26-28(16-19)15-17-4-2-1-3-5-17/h1-12,14,16H,13,15H2,(H,25,29). The quantitative estimate of drug-likeness (QED) is 0.473. The van der Waals surface area contributed by atoms with Crippen molar-refractivity contribution in [2.24, 2.45) is 0 Å². The van der Waals surface area contributed by atoms with Crippen molar-refractivity contribution in [2.75, 3.05) is 0 Å². The summed E-state index contributed by atoms with van der Waals surface area (Å²) < 4.78 is 9.52. The Hall–Kier alpha value is -4.13. The van der Waals surface area contributed by atoms with E-state index in [1.165, 1.54) is 5.56 Å². The van der Waals surface area contributed by atoms with Gasteiger partial charge >= 0.3 is 0 Å². The van der Waals surface area contributed by atoms with Gasteiger partial charge in [-0.2, -0.15) is 5.10 Å². The Morgan fingerprint density at radius 1 is 1.03 bits per heavy atom. The van der Waals surface area contributed by atoms with Gasteiger partial charge in [0.05, 0.1) is 18.3 Å². The van der Waals surface area contributed by atoms with Crippen LogP contribution in [0.2, 0.25) is 0 Å². The van der Waals surface area contributed by atoms with E-state index in [0.717, 1.165) is 16.8 Å². The first-order chi connectivity index (χ1) is 14.7. The van der Waals surface area contributed by atoms with Crippen LogP contribution in [0, 0.1) is 0 Å². The van der Waals surface area contributed by atoms with Gasteiger partial charge in [-0.25, -0.2) is 4.98 Å². The minimum absolute atomic E-state index is 0.263. The first-order valence-corrected chi connectivity index (χ1v) is 9.61. The topological polar surface area (TPSA) is 77.4 Å². The monoisotopic (exact) mass is 397 g/mol. The number of nitrogens with zero attached hydrogens (tertiary/aromatic N) is 4. The molecule has 0 saturated carbocycles. The summed E-state index contributed by atoms with van der Waals surface area (Å²) in [5.74, 6) is 0.613. The third-order valence-corrected chi connectivity index (χ3v) is 4.85. The summed E-state index contributed by atoms with van der Waals surface area (Å²) in [5.41, 5.74) is 3.81. The number of benzene rings is 1. The average molecular weight is 397 g/mol. The van der Waals surface area contributed by atoms with Crippen LogP contribution in [-0.2, 0) is 13.1 Å². The molecule has 0 atom stereocenters. The predicted molar refractivity (Wildman–Crippen MR) is 112 cm³/mol. The summed E-state index contributed by atoms with van der Waals surface area (Å²) in [5, 5.41) is 7.27. The van der Waals surface area contributed by atoms with Crippen molar-refractivity contribution in [3.8, 4) is 11.3 Å². The maximum atomic E-state index is 12.5. The highest BCUT2D eigenvalue weighted by atomic mass is 16.3. The molecule has 4 aromatic heterocycles. The average Bonchev–Trinajstić information content (AvgIpc) is 3.52. The lowest BCUT2D eigenvalue weighted by Gasteiger charge is -2.04. The maximum absolute atomic E-state index is 12.5. The summed E-state index contributed by atoms with van der Waals surface area (Å²) in [6, 6.07) is 17.5. The minimum Gasteiger partial charge on any atom is -0.451 e. The van der Waals surface area contributed by atoms with Gasteiger partial charge in [0.15, 0.2) is 5.76 Å². The second kappa shape index (κ2) is 7.71. The van der Waals surface area contributed by atoms with Gasteiger partial charge in [0, 0.05) is 31.3 Å². The zero-order valence-electron chi connectivity index (χ0n) is 16.1. The molecule has 0 bridgehead atoms. The van der Waals surface area contributed by atoms with E-state index < -0.39 is 0 Å². The molecule has 1 amide bonds. The van der Waals surface area contributed by atoms with E-state index in [1.54, 1.807) is 24.5 Å². The number of amides is 1. The molecule has 0 radical (unpaired) electrons. The molecule has 0 aliphatic carbocycles. The van der Waals surface area contributed by atoms with E-state index in [0.29, 0.717) is 18.8 Å².